The first-order valence-corrected chi connectivity index (χ1v) is 8.20. The number of aromatic nitrogens is 2. The number of benzene rings is 1. The first kappa shape index (κ1) is 13.7. The van der Waals surface area contributed by atoms with E-state index in [1.165, 1.54) is 0 Å². The standard InChI is InChI=1S/C14H11ClN2OS2/c1-9-7-19-14(17-9)20-8-13-16-6-12(18-13)10-3-2-4-11(15)5-10/h2-7H,8H2,1H3. The average molecular weight is 323 g/mol. The van der Waals surface area contributed by atoms with Crippen LogP contribution in [0.15, 0.2) is 44.6 Å². The van der Waals surface area contributed by atoms with Crippen LogP contribution in [0.3, 0.4) is 0 Å². The second kappa shape index (κ2) is 5.99. The number of rotatable bonds is 4. The van der Waals surface area contributed by atoms with Crippen molar-refractivity contribution in [3.8, 4) is 11.3 Å². The molecule has 3 rings (SSSR count). The highest BCUT2D eigenvalue weighted by Gasteiger charge is 2.08. The minimum absolute atomic E-state index is 0.674. The molecule has 0 bridgehead atoms. The Balaban J connectivity index is 1.70. The molecule has 1 aromatic carbocycles. The number of halogens is 1. The summed E-state index contributed by atoms with van der Waals surface area (Å²) in [6, 6.07) is 7.55. The van der Waals surface area contributed by atoms with E-state index < -0.39 is 0 Å². The lowest BCUT2D eigenvalue weighted by Gasteiger charge is -1.96. The van der Waals surface area contributed by atoms with Crippen LogP contribution < -0.4 is 0 Å². The van der Waals surface area contributed by atoms with Crippen LogP contribution in [-0.4, -0.2) is 9.97 Å². The molecule has 0 saturated heterocycles. The van der Waals surface area contributed by atoms with Crippen molar-refractivity contribution >= 4 is 34.7 Å². The van der Waals surface area contributed by atoms with E-state index in [4.69, 9.17) is 16.0 Å². The Kier molecular flexibility index (Phi) is 4.10. The van der Waals surface area contributed by atoms with Crippen LogP contribution >= 0.6 is 34.7 Å². The third kappa shape index (κ3) is 3.23. The topological polar surface area (TPSA) is 38.9 Å². The Morgan fingerprint density at radius 1 is 1.40 bits per heavy atom. The van der Waals surface area contributed by atoms with Crippen molar-refractivity contribution < 1.29 is 4.42 Å². The molecule has 0 atom stereocenters. The van der Waals surface area contributed by atoms with E-state index >= 15 is 0 Å². The number of hydrogen-bond donors (Lipinski definition) is 0. The van der Waals surface area contributed by atoms with E-state index in [1.54, 1.807) is 29.3 Å². The van der Waals surface area contributed by atoms with Crippen LogP contribution in [0.2, 0.25) is 5.02 Å². The highest BCUT2D eigenvalue weighted by molar-refractivity contribution is 8.00. The molecule has 0 spiro atoms. The first-order chi connectivity index (χ1) is 9.70. The lowest BCUT2D eigenvalue weighted by molar-refractivity contribution is 0.530. The molecule has 0 aliphatic heterocycles. The first-order valence-electron chi connectivity index (χ1n) is 5.96. The molecule has 0 N–H and O–H groups in total. The quantitative estimate of drug-likeness (QED) is 0.630. The van der Waals surface area contributed by atoms with Crippen molar-refractivity contribution in [1.29, 1.82) is 0 Å². The van der Waals surface area contributed by atoms with Gasteiger partial charge in [0.15, 0.2) is 10.1 Å². The molecular formula is C14H11ClN2OS2. The van der Waals surface area contributed by atoms with Gasteiger partial charge in [-0.05, 0) is 19.1 Å². The minimum atomic E-state index is 0.674. The fourth-order valence-electron chi connectivity index (χ4n) is 1.67. The van der Waals surface area contributed by atoms with Crippen molar-refractivity contribution in [2.45, 2.75) is 17.0 Å². The lowest BCUT2D eigenvalue weighted by Crippen LogP contribution is -1.79. The largest absolute Gasteiger partial charge is 0.440 e. The molecule has 102 valence electrons. The molecule has 0 fully saturated rings. The summed E-state index contributed by atoms with van der Waals surface area (Å²) < 4.78 is 6.77. The highest BCUT2D eigenvalue weighted by Crippen LogP contribution is 2.28. The number of oxazole rings is 1. The Morgan fingerprint density at radius 3 is 3.05 bits per heavy atom. The van der Waals surface area contributed by atoms with Gasteiger partial charge >= 0.3 is 0 Å². The average Bonchev–Trinajstić information content (AvgIpc) is 3.05. The van der Waals surface area contributed by atoms with Crippen molar-refractivity contribution in [3.63, 3.8) is 0 Å². The number of nitrogens with zero attached hydrogens (tertiary/aromatic N) is 2. The number of hydrogen-bond acceptors (Lipinski definition) is 5. The molecular weight excluding hydrogens is 312 g/mol. The van der Waals surface area contributed by atoms with E-state index in [1.807, 2.05) is 36.6 Å². The van der Waals surface area contributed by atoms with Gasteiger partial charge in [-0.2, -0.15) is 0 Å². The number of thiazole rings is 1. The van der Waals surface area contributed by atoms with Gasteiger partial charge in [0.25, 0.3) is 0 Å². The predicted octanol–water partition coefficient (Wildman–Crippen LogP) is 5.05. The fourth-order valence-corrected chi connectivity index (χ4v) is 3.57. The second-order valence-electron chi connectivity index (χ2n) is 4.17. The Bertz CT molecular complexity index is 723. The van der Waals surface area contributed by atoms with Gasteiger partial charge in [-0.3, -0.25) is 0 Å². The number of thioether (sulfide) groups is 1. The van der Waals surface area contributed by atoms with Gasteiger partial charge in [0, 0.05) is 21.7 Å². The van der Waals surface area contributed by atoms with Crippen LogP contribution in [0.5, 0.6) is 0 Å². The third-order valence-corrected chi connectivity index (χ3v) is 4.94. The molecule has 0 aliphatic rings. The van der Waals surface area contributed by atoms with E-state index in [2.05, 4.69) is 9.97 Å². The molecule has 2 heterocycles. The molecule has 0 amide bonds. The summed E-state index contributed by atoms with van der Waals surface area (Å²) in [5.74, 6) is 2.10. The van der Waals surface area contributed by atoms with Crippen LogP contribution in [0, 0.1) is 6.92 Å². The lowest BCUT2D eigenvalue weighted by atomic mass is 10.2. The van der Waals surface area contributed by atoms with Crippen LogP contribution in [-0.2, 0) is 5.75 Å². The molecule has 3 aromatic rings. The molecule has 6 heteroatoms. The van der Waals surface area contributed by atoms with Crippen molar-refractivity contribution in [1.82, 2.24) is 9.97 Å². The normalized spacial score (nSPS) is 10.9. The van der Waals surface area contributed by atoms with Crippen molar-refractivity contribution in [3.05, 3.63) is 52.4 Å². The van der Waals surface area contributed by atoms with Gasteiger partial charge in [0.05, 0.1) is 11.9 Å². The summed E-state index contributed by atoms with van der Waals surface area (Å²) in [4.78, 5) is 8.69. The molecule has 0 unspecified atom stereocenters. The number of aryl methyl sites for hydroxylation is 1. The third-order valence-electron chi connectivity index (χ3n) is 2.58. The van der Waals surface area contributed by atoms with Gasteiger partial charge in [-0.25, -0.2) is 9.97 Å². The van der Waals surface area contributed by atoms with E-state index in [9.17, 15) is 0 Å². The molecule has 2 aromatic heterocycles. The summed E-state index contributed by atoms with van der Waals surface area (Å²) in [6.07, 6.45) is 1.73. The molecule has 0 radical (unpaired) electrons. The summed E-state index contributed by atoms with van der Waals surface area (Å²) in [5.41, 5.74) is 1.98. The Labute approximate surface area is 130 Å². The predicted molar refractivity (Wildman–Crippen MR) is 83.4 cm³/mol. The van der Waals surface area contributed by atoms with Gasteiger partial charge in [-0.1, -0.05) is 35.5 Å². The zero-order valence-corrected chi connectivity index (χ0v) is 13.1. The molecule has 20 heavy (non-hydrogen) atoms. The Hall–Kier alpha value is -1.30. The second-order valence-corrected chi connectivity index (χ2v) is 6.69. The minimum Gasteiger partial charge on any atom is -0.440 e. The maximum Gasteiger partial charge on any atom is 0.205 e. The zero-order valence-electron chi connectivity index (χ0n) is 10.7. The van der Waals surface area contributed by atoms with Crippen LogP contribution in [0.25, 0.3) is 11.3 Å². The van der Waals surface area contributed by atoms with Gasteiger partial charge < -0.3 is 4.42 Å². The summed E-state index contributed by atoms with van der Waals surface area (Å²) in [6.45, 7) is 1.99. The van der Waals surface area contributed by atoms with Gasteiger partial charge in [0.2, 0.25) is 5.89 Å². The van der Waals surface area contributed by atoms with E-state index in [0.717, 1.165) is 21.4 Å². The summed E-state index contributed by atoms with van der Waals surface area (Å²) in [7, 11) is 0. The van der Waals surface area contributed by atoms with Gasteiger partial charge in [0.1, 0.15) is 0 Å². The SMILES string of the molecule is Cc1csc(SCc2ncc(-c3cccc(Cl)c3)o2)n1. The summed E-state index contributed by atoms with van der Waals surface area (Å²) >= 11 is 9.24. The highest BCUT2D eigenvalue weighted by atomic mass is 35.5. The molecule has 3 nitrogen and oxygen atoms in total. The zero-order chi connectivity index (χ0) is 13.9. The van der Waals surface area contributed by atoms with Crippen LogP contribution in [0.4, 0.5) is 0 Å². The molecule has 0 saturated carbocycles. The summed E-state index contributed by atoms with van der Waals surface area (Å²) in [5, 5.41) is 2.73. The van der Waals surface area contributed by atoms with Crippen molar-refractivity contribution in [2.75, 3.05) is 0 Å². The Morgan fingerprint density at radius 2 is 2.30 bits per heavy atom. The van der Waals surface area contributed by atoms with E-state index in [-0.39, 0.29) is 0 Å². The molecule has 0 aliphatic carbocycles. The van der Waals surface area contributed by atoms with Crippen LogP contribution in [0.1, 0.15) is 11.6 Å². The van der Waals surface area contributed by atoms with E-state index in [0.29, 0.717) is 16.7 Å². The smallest absolute Gasteiger partial charge is 0.205 e. The fraction of sp³-hybridized carbons (Fsp3) is 0.143. The maximum absolute atomic E-state index is 5.97. The van der Waals surface area contributed by atoms with Gasteiger partial charge in [-0.15, -0.1) is 11.3 Å². The van der Waals surface area contributed by atoms with Crippen molar-refractivity contribution in [2.24, 2.45) is 0 Å². The maximum atomic E-state index is 5.97. The monoisotopic (exact) mass is 322 g/mol.